The highest BCUT2D eigenvalue weighted by molar-refractivity contribution is 8.00. The minimum absolute atomic E-state index is 0.376. The summed E-state index contributed by atoms with van der Waals surface area (Å²) in [6.07, 6.45) is 9.80. The maximum atomic E-state index is 11.9. The number of ketones is 1. The van der Waals surface area contributed by atoms with Gasteiger partial charge >= 0.3 is 0 Å². The maximum absolute atomic E-state index is 11.9. The molecule has 2 rings (SSSR count). The standard InChI is InChI=1S/C13H20OS/c1-2-3-7-13(14)10-8-11-5-4-6-12(9-10)15-11/h2,10-12H,1,3-9H2. The van der Waals surface area contributed by atoms with E-state index in [2.05, 4.69) is 18.3 Å². The van der Waals surface area contributed by atoms with E-state index in [4.69, 9.17) is 0 Å². The number of hydrogen-bond acceptors (Lipinski definition) is 2. The van der Waals surface area contributed by atoms with E-state index in [9.17, 15) is 4.79 Å². The number of rotatable bonds is 4. The predicted molar refractivity (Wildman–Crippen MR) is 66.2 cm³/mol. The third-order valence-corrected chi connectivity index (χ3v) is 5.21. The SMILES string of the molecule is C=CCCC(=O)C1CC2CCCC(C1)S2. The molecular weight excluding hydrogens is 204 g/mol. The number of Topliss-reactive ketones (excluding diaryl/α,β-unsaturated/α-hetero) is 1. The quantitative estimate of drug-likeness (QED) is 0.679. The van der Waals surface area contributed by atoms with Gasteiger partial charge in [-0.2, -0.15) is 11.8 Å². The predicted octanol–water partition coefficient (Wildman–Crippen LogP) is 3.59. The summed E-state index contributed by atoms with van der Waals surface area (Å²) in [5, 5.41) is 1.57. The van der Waals surface area contributed by atoms with Gasteiger partial charge in [-0.15, -0.1) is 6.58 Å². The number of hydrogen-bond donors (Lipinski definition) is 0. The first-order chi connectivity index (χ1) is 7.29. The van der Waals surface area contributed by atoms with E-state index in [1.165, 1.54) is 19.3 Å². The number of allylic oxidation sites excluding steroid dienone is 1. The number of fused-ring (bicyclic) bond motifs is 2. The summed E-state index contributed by atoms with van der Waals surface area (Å²) in [5.74, 6) is 0.869. The van der Waals surface area contributed by atoms with Crippen molar-refractivity contribution >= 4 is 17.5 Å². The lowest BCUT2D eigenvalue weighted by Gasteiger charge is -2.37. The van der Waals surface area contributed by atoms with Crippen LogP contribution in [0.1, 0.15) is 44.9 Å². The third kappa shape index (κ3) is 2.87. The molecule has 0 radical (unpaired) electrons. The number of carbonyl (C=O) groups excluding carboxylic acids is 1. The molecule has 0 aliphatic carbocycles. The monoisotopic (exact) mass is 224 g/mol. The molecule has 2 unspecified atom stereocenters. The van der Waals surface area contributed by atoms with Crippen LogP contribution in [-0.2, 0) is 4.79 Å². The fourth-order valence-corrected chi connectivity index (χ4v) is 4.61. The van der Waals surface area contributed by atoms with Crippen molar-refractivity contribution in [3.63, 3.8) is 0 Å². The van der Waals surface area contributed by atoms with Crippen molar-refractivity contribution in [3.05, 3.63) is 12.7 Å². The summed E-state index contributed by atoms with van der Waals surface area (Å²) in [6, 6.07) is 0. The Kier molecular flexibility index (Phi) is 3.90. The van der Waals surface area contributed by atoms with Crippen LogP contribution >= 0.6 is 11.8 Å². The molecule has 2 heterocycles. The van der Waals surface area contributed by atoms with Crippen LogP contribution in [0.3, 0.4) is 0 Å². The summed E-state index contributed by atoms with van der Waals surface area (Å²) in [4.78, 5) is 11.9. The molecule has 2 saturated heterocycles. The van der Waals surface area contributed by atoms with Gasteiger partial charge in [-0.05, 0) is 32.1 Å². The lowest BCUT2D eigenvalue weighted by atomic mass is 9.85. The van der Waals surface area contributed by atoms with Gasteiger partial charge in [0.1, 0.15) is 5.78 Å². The molecule has 2 aliphatic rings. The molecule has 2 aliphatic heterocycles. The second kappa shape index (κ2) is 5.20. The minimum Gasteiger partial charge on any atom is -0.299 e. The van der Waals surface area contributed by atoms with Gasteiger partial charge in [0.05, 0.1) is 0 Å². The zero-order valence-corrected chi connectivity index (χ0v) is 10.1. The number of carbonyl (C=O) groups is 1. The van der Waals surface area contributed by atoms with Crippen molar-refractivity contribution in [2.45, 2.75) is 55.4 Å². The fraction of sp³-hybridized carbons (Fsp3) is 0.769. The average Bonchev–Trinajstić information content (AvgIpc) is 2.25. The maximum Gasteiger partial charge on any atom is 0.136 e. The normalized spacial score (nSPS) is 34.8. The van der Waals surface area contributed by atoms with E-state index >= 15 is 0 Å². The smallest absolute Gasteiger partial charge is 0.136 e. The molecule has 1 nitrogen and oxygen atoms in total. The van der Waals surface area contributed by atoms with E-state index in [0.29, 0.717) is 11.7 Å². The summed E-state index contributed by atoms with van der Waals surface area (Å²) < 4.78 is 0. The zero-order chi connectivity index (χ0) is 10.7. The van der Waals surface area contributed by atoms with E-state index < -0.39 is 0 Å². The molecule has 0 N–H and O–H groups in total. The van der Waals surface area contributed by atoms with E-state index in [1.807, 2.05) is 6.08 Å². The van der Waals surface area contributed by atoms with E-state index in [0.717, 1.165) is 36.2 Å². The van der Waals surface area contributed by atoms with Gasteiger partial charge in [-0.1, -0.05) is 12.5 Å². The van der Waals surface area contributed by atoms with Crippen LogP contribution in [0.5, 0.6) is 0 Å². The lowest BCUT2D eigenvalue weighted by Crippen LogP contribution is -2.32. The Morgan fingerprint density at radius 3 is 2.60 bits per heavy atom. The molecule has 15 heavy (non-hydrogen) atoms. The first-order valence-corrected chi connectivity index (χ1v) is 7.03. The summed E-state index contributed by atoms with van der Waals surface area (Å²) in [7, 11) is 0. The van der Waals surface area contributed by atoms with Crippen LogP contribution in [0, 0.1) is 5.92 Å². The Morgan fingerprint density at radius 2 is 2.00 bits per heavy atom. The van der Waals surface area contributed by atoms with Gasteiger partial charge in [0, 0.05) is 22.8 Å². The van der Waals surface area contributed by atoms with Gasteiger partial charge in [-0.3, -0.25) is 4.79 Å². The Bertz CT molecular complexity index is 237. The highest BCUT2D eigenvalue weighted by Gasteiger charge is 2.34. The molecule has 0 aromatic carbocycles. The highest BCUT2D eigenvalue weighted by Crippen LogP contribution is 2.44. The zero-order valence-electron chi connectivity index (χ0n) is 9.28. The molecular formula is C13H20OS. The molecule has 0 aromatic rings. The Hall–Kier alpha value is -0.240. The fourth-order valence-electron chi connectivity index (χ4n) is 2.77. The van der Waals surface area contributed by atoms with Crippen molar-refractivity contribution in [2.24, 2.45) is 5.92 Å². The van der Waals surface area contributed by atoms with Crippen LogP contribution in [-0.4, -0.2) is 16.3 Å². The summed E-state index contributed by atoms with van der Waals surface area (Å²) in [6.45, 7) is 3.68. The molecule has 84 valence electrons. The van der Waals surface area contributed by atoms with Gasteiger partial charge in [-0.25, -0.2) is 0 Å². The van der Waals surface area contributed by atoms with Crippen molar-refractivity contribution in [1.29, 1.82) is 0 Å². The van der Waals surface area contributed by atoms with Crippen molar-refractivity contribution in [2.75, 3.05) is 0 Å². The number of thioether (sulfide) groups is 1. The van der Waals surface area contributed by atoms with Crippen molar-refractivity contribution < 1.29 is 4.79 Å². The first kappa shape index (κ1) is 11.3. The van der Waals surface area contributed by atoms with Crippen molar-refractivity contribution in [3.8, 4) is 0 Å². The molecule has 0 amide bonds. The molecule has 2 heteroatoms. The van der Waals surface area contributed by atoms with Crippen LogP contribution in [0.25, 0.3) is 0 Å². The van der Waals surface area contributed by atoms with E-state index in [1.54, 1.807) is 0 Å². The van der Waals surface area contributed by atoms with Crippen LogP contribution in [0.15, 0.2) is 12.7 Å². The first-order valence-electron chi connectivity index (χ1n) is 6.08. The minimum atomic E-state index is 0.376. The Balaban J connectivity index is 1.87. The van der Waals surface area contributed by atoms with Crippen LogP contribution in [0.4, 0.5) is 0 Å². The molecule has 0 aromatic heterocycles. The van der Waals surface area contributed by atoms with Gasteiger partial charge in [0.25, 0.3) is 0 Å². The average molecular weight is 224 g/mol. The van der Waals surface area contributed by atoms with E-state index in [-0.39, 0.29) is 0 Å². The van der Waals surface area contributed by atoms with Gasteiger partial charge < -0.3 is 0 Å². The lowest BCUT2D eigenvalue weighted by molar-refractivity contribution is -0.123. The Labute approximate surface area is 96.7 Å². The molecule has 2 fully saturated rings. The van der Waals surface area contributed by atoms with Gasteiger partial charge in [0.15, 0.2) is 0 Å². The second-order valence-electron chi connectivity index (χ2n) is 4.77. The third-order valence-electron chi connectivity index (χ3n) is 3.58. The molecule has 2 bridgehead atoms. The second-order valence-corrected chi connectivity index (χ2v) is 6.38. The summed E-state index contributed by atoms with van der Waals surface area (Å²) >= 11 is 2.15. The van der Waals surface area contributed by atoms with Crippen molar-refractivity contribution in [1.82, 2.24) is 0 Å². The summed E-state index contributed by atoms with van der Waals surface area (Å²) in [5.41, 5.74) is 0. The largest absolute Gasteiger partial charge is 0.299 e. The topological polar surface area (TPSA) is 17.1 Å². The molecule has 0 saturated carbocycles. The van der Waals surface area contributed by atoms with Gasteiger partial charge in [0.2, 0.25) is 0 Å². The Morgan fingerprint density at radius 1 is 1.33 bits per heavy atom. The highest BCUT2D eigenvalue weighted by atomic mass is 32.2. The molecule has 2 atom stereocenters. The van der Waals surface area contributed by atoms with Crippen LogP contribution < -0.4 is 0 Å². The van der Waals surface area contributed by atoms with Crippen LogP contribution in [0.2, 0.25) is 0 Å². The molecule has 0 spiro atoms.